The minimum absolute atomic E-state index is 0.00504. The van der Waals surface area contributed by atoms with Crippen molar-refractivity contribution in [2.75, 3.05) is 12.8 Å². The summed E-state index contributed by atoms with van der Waals surface area (Å²) in [5.41, 5.74) is 8.63. The average molecular weight is 269 g/mol. The van der Waals surface area contributed by atoms with E-state index in [1.807, 2.05) is 12.1 Å². The molecule has 2 aromatic carbocycles. The van der Waals surface area contributed by atoms with Gasteiger partial charge >= 0.3 is 0 Å². The second-order valence-corrected chi connectivity index (χ2v) is 5.06. The van der Waals surface area contributed by atoms with E-state index in [-0.39, 0.29) is 5.78 Å². The van der Waals surface area contributed by atoms with E-state index in [9.17, 15) is 4.79 Å². The molecule has 0 radical (unpaired) electrons. The molecule has 3 heteroatoms. The summed E-state index contributed by atoms with van der Waals surface area (Å²) >= 11 is 0. The molecule has 0 bridgehead atoms. The van der Waals surface area contributed by atoms with Gasteiger partial charge in [-0.3, -0.25) is 4.79 Å². The first-order valence-corrected chi connectivity index (χ1v) is 6.61. The summed E-state index contributed by atoms with van der Waals surface area (Å²) in [6.07, 6.45) is 0. The largest absolute Gasteiger partial charge is 0.496 e. The van der Waals surface area contributed by atoms with Crippen LogP contribution in [0.1, 0.15) is 41.3 Å². The van der Waals surface area contributed by atoms with Gasteiger partial charge in [-0.05, 0) is 53.9 Å². The van der Waals surface area contributed by atoms with Gasteiger partial charge in [0.2, 0.25) is 0 Å². The number of nitrogens with two attached hydrogens (primary N) is 1. The first-order valence-electron chi connectivity index (χ1n) is 6.61. The third-order valence-electron chi connectivity index (χ3n) is 3.29. The van der Waals surface area contributed by atoms with E-state index in [1.54, 1.807) is 37.4 Å². The van der Waals surface area contributed by atoms with E-state index in [0.29, 0.717) is 22.7 Å². The molecular weight excluding hydrogens is 250 g/mol. The van der Waals surface area contributed by atoms with Crippen LogP contribution in [0.5, 0.6) is 5.75 Å². The Kier molecular flexibility index (Phi) is 4.08. The van der Waals surface area contributed by atoms with Gasteiger partial charge in [0, 0.05) is 16.8 Å². The van der Waals surface area contributed by atoms with Crippen molar-refractivity contribution in [1.29, 1.82) is 0 Å². The van der Waals surface area contributed by atoms with Crippen LogP contribution in [0.3, 0.4) is 0 Å². The van der Waals surface area contributed by atoms with Gasteiger partial charge in [0.1, 0.15) is 5.75 Å². The predicted molar refractivity (Wildman–Crippen MR) is 81.4 cm³/mol. The zero-order valence-corrected chi connectivity index (χ0v) is 12.0. The number of rotatable bonds is 4. The highest BCUT2D eigenvalue weighted by atomic mass is 16.5. The summed E-state index contributed by atoms with van der Waals surface area (Å²) in [5.74, 6) is 1.10. The van der Waals surface area contributed by atoms with Crippen LogP contribution in [0.4, 0.5) is 5.69 Å². The summed E-state index contributed by atoms with van der Waals surface area (Å²) in [6.45, 7) is 4.16. The average Bonchev–Trinajstić information content (AvgIpc) is 2.46. The summed E-state index contributed by atoms with van der Waals surface area (Å²) in [5, 5.41) is 0. The van der Waals surface area contributed by atoms with E-state index >= 15 is 0 Å². The number of benzene rings is 2. The highest BCUT2D eigenvalue weighted by Crippen LogP contribution is 2.28. The fraction of sp³-hybridized carbons (Fsp3) is 0.235. The van der Waals surface area contributed by atoms with Crippen LogP contribution in [-0.2, 0) is 0 Å². The molecule has 0 saturated carbocycles. The molecule has 0 heterocycles. The van der Waals surface area contributed by atoms with Crippen LogP contribution in [0.25, 0.3) is 0 Å². The van der Waals surface area contributed by atoms with E-state index in [2.05, 4.69) is 13.8 Å². The van der Waals surface area contributed by atoms with Crippen molar-refractivity contribution in [1.82, 2.24) is 0 Å². The molecule has 2 N–H and O–H groups in total. The highest BCUT2D eigenvalue weighted by molar-refractivity contribution is 6.09. The molecule has 3 nitrogen and oxygen atoms in total. The van der Waals surface area contributed by atoms with Crippen molar-refractivity contribution in [2.45, 2.75) is 19.8 Å². The Labute approximate surface area is 119 Å². The van der Waals surface area contributed by atoms with Crippen molar-refractivity contribution >= 4 is 11.5 Å². The van der Waals surface area contributed by atoms with E-state index in [1.165, 1.54) is 0 Å². The summed E-state index contributed by atoms with van der Waals surface area (Å²) in [7, 11) is 1.64. The number of hydrogen-bond acceptors (Lipinski definition) is 3. The highest BCUT2D eigenvalue weighted by Gasteiger charge is 2.14. The minimum atomic E-state index is -0.00504. The molecule has 0 saturated heterocycles. The molecule has 0 fully saturated rings. The number of carbonyl (C=O) groups excluding carboxylic acids is 1. The number of methoxy groups -OCH3 is 1. The number of nitrogen functional groups attached to an aromatic ring is 1. The number of ketones is 1. The molecule has 0 spiro atoms. The lowest BCUT2D eigenvalue weighted by Gasteiger charge is -2.13. The van der Waals surface area contributed by atoms with Gasteiger partial charge in [-0.25, -0.2) is 0 Å². The van der Waals surface area contributed by atoms with Crippen LogP contribution in [0.2, 0.25) is 0 Å². The number of anilines is 1. The fourth-order valence-electron chi connectivity index (χ4n) is 2.13. The lowest BCUT2D eigenvalue weighted by atomic mass is 9.96. The standard InChI is InChI=1S/C17H19NO2/c1-11(2)15-10-13(6-9-16(15)20-3)17(19)12-4-7-14(18)8-5-12/h4-11H,18H2,1-3H3. The molecule has 0 aromatic heterocycles. The zero-order valence-electron chi connectivity index (χ0n) is 12.0. The lowest BCUT2D eigenvalue weighted by molar-refractivity contribution is 0.103. The number of carbonyl (C=O) groups is 1. The number of ether oxygens (including phenoxy) is 1. The molecule has 104 valence electrons. The van der Waals surface area contributed by atoms with Crippen molar-refractivity contribution < 1.29 is 9.53 Å². The lowest BCUT2D eigenvalue weighted by Crippen LogP contribution is -2.04. The topological polar surface area (TPSA) is 52.3 Å². The van der Waals surface area contributed by atoms with Crippen molar-refractivity contribution in [3.8, 4) is 5.75 Å². The Morgan fingerprint density at radius 2 is 1.65 bits per heavy atom. The normalized spacial score (nSPS) is 10.6. The predicted octanol–water partition coefficient (Wildman–Crippen LogP) is 3.63. The van der Waals surface area contributed by atoms with E-state index < -0.39 is 0 Å². The molecule has 0 atom stereocenters. The number of hydrogen-bond donors (Lipinski definition) is 1. The Hall–Kier alpha value is -2.29. The van der Waals surface area contributed by atoms with Crippen molar-refractivity contribution in [3.63, 3.8) is 0 Å². The first-order chi connectivity index (χ1) is 9.52. The monoisotopic (exact) mass is 269 g/mol. The maximum Gasteiger partial charge on any atom is 0.193 e. The van der Waals surface area contributed by atoms with Crippen LogP contribution >= 0.6 is 0 Å². The van der Waals surface area contributed by atoms with Gasteiger partial charge in [0.05, 0.1) is 7.11 Å². The molecule has 0 amide bonds. The Balaban J connectivity index is 2.40. The van der Waals surface area contributed by atoms with Crippen LogP contribution < -0.4 is 10.5 Å². The Bertz CT molecular complexity index is 615. The van der Waals surface area contributed by atoms with Gasteiger partial charge in [-0.2, -0.15) is 0 Å². The minimum Gasteiger partial charge on any atom is -0.496 e. The first kappa shape index (κ1) is 14.1. The van der Waals surface area contributed by atoms with Crippen molar-refractivity contribution in [2.24, 2.45) is 0 Å². The Morgan fingerprint density at radius 3 is 2.20 bits per heavy atom. The molecule has 0 aliphatic heterocycles. The molecule has 0 unspecified atom stereocenters. The van der Waals surface area contributed by atoms with Gasteiger partial charge in [0.25, 0.3) is 0 Å². The van der Waals surface area contributed by atoms with Gasteiger partial charge in [0.15, 0.2) is 5.78 Å². The van der Waals surface area contributed by atoms with Crippen molar-refractivity contribution in [3.05, 3.63) is 59.2 Å². The van der Waals surface area contributed by atoms with E-state index in [4.69, 9.17) is 10.5 Å². The second kappa shape index (κ2) is 5.78. The van der Waals surface area contributed by atoms with E-state index in [0.717, 1.165) is 11.3 Å². The molecule has 20 heavy (non-hydrogen) atoms. The molecule has 2 aromatic rings. The van der Waals surface area contributed by atoms with Gasteiger partial charge in [-0.1, -0.05) is 13.8 Å². The van der Waals surface area contributed by atoms with Gasteiger partial charge < -0.3 is 10.5 Å². The smallest absolute Gasteiger partial charge is 0.193 e. The summed E-state index contributed by atoms with van der Waals surface area (Å²) in [6, 6.07) is 12.5. The quantitative estimate of drug-likeness (QED) is 0.681. The van der Waals surface area contributed by atoms with Crippen LogP contribution in [-0.4, -0.2) is 12.9 Å². The molecule has 0 aliphatic rings. The molecule has 0 aliphatic carbocycles. The maximum absolute atomic E-state index is 12.5. The molecular formula is C17H19NO2. The SMILES string of the molecule is COc1ccc(C(=O)c2ccc(N)cc2)cc1C(C)C. The van der Waals surface area contributed by atoms with Crippen LogP contribution in [0.15, 0.2) is 42.5 Å². The maximum atomic E-state index is 12.5. The summed E-state index contributed by atoms with van der Waals surface area (Å²) in [4.78, 5) is 12.5. The summed E-state index contributed by atoms with van der Waals surface area (Å²) < 4.78 is 5.33. The Morgan fingerprint density at radius 1 is 1.05 bits per heavy atom. The third-order valence-corrected chi connectivity index (χ3v) is 3.29. The fourth-order valence-corrected chi connectivity index (χ4v) is 2.13. The zero-order chi connectivity index (χ0) is 14.7. The second-order valence-electron chi connectivity index (χ2n) is 5.06. The van der Waals surface area contributed by atoms with Gasteiger partial charge in [-0.15, -0.1) is 0 Å². The van der Waals surface area contributed by atoms with Crippen LogP contribution in [0, 0.1) is 0 Å². The molecule has 2 rings (SSSR count). The third kappa shape index (κ3) is 2.82.